The van der Waals surface area contributed by atoms with Crippen LogP contribution in [-0.4, -0.2) is 48.4 Å². The molecule has 2 heterocycles. The number of hydrogen-bond acceptors (Lipinski definition) is 4. The molecule has 2 aromatic rings. The van der Waals surface area contributed by atoms with Crippen molar-refractivity contribution in [1.82, 2.24) is 9.80 Å². The highest BCUT2D eigenvalue weighted by Crippen LogP contribution is 2.22. The molecule has 0 aliphatic carbocycles. The third-order valence-corrected chi connectivity index (χ3v) is 5.78. The van der Waals surface area contributed by atoms with Crippen molar-refractivity contribution in [3.8, 4) is 0 Å². The van der Waals surface area contributed by atoms with Gasteiger partial charge >= 0.3 is 0 Å². The molecule has 4 nitrogen and oxygen atoms in total. The van der Waals surface area contributed by atoms with E-state index < -0.39 is 0 Å². The van der Waals surface area contributed by atoms with Crippen LogP contribution in [0.3, 0.4) is 0 Å². The SMILES string of the molecule is CCN1CCN(Cc2ccc(NC(=O)c3cc(C)sc3C)cc2)CC1. The standard InChI is InChI=1S/C20H27N3OS/c1-4-22-9-11-23(12-10-22)14-17-5-7-18(8-6-17)21-20(24)19-13-15(2)25-16(19)3/h5-8,13H,4,9-12,14H2,1-3H3,(H,21,24). The fourth-order valence-electron chi connectivity index (χ4n) is 3.27. The number of likely N-dealkylation sites (N-methyl/N-ethyl adjacent to an activating group) is 1. The zero-order valence-corrected chi connectivity index (χ0v) is 16.2. The van der Waals surface area contributed by atoms with Gasteiger partial charge in [0.2, 0.25) is 0 Å². The number of piperazine rings is 1. The van der Waals surface area contributed by atoms with E-state index in [-0.39, 0.29) is 5.91 Å². The van der Waals surface area contributed by atoms with Gasteiger partial charge in [-0.1, -0.05) is 19.1 Å². The van der Waals surface area contributed by atoms with Gasteiger partial charge in [0.25, 0.3) is 5.91 Å². The van der Waals surface area contributed by atoms with Crippen molar-refractivity contribution in [2.75, 3.05) is 38.0 Å². The second-order valence-corrected chi connectivity index (χ2v) is 8.15. The van der Waals surface area contributed by atoms with Crippen molar-refractivity contribution < 1.29 is 4.79 Å². The summed E-state index contributed by atoms with van der Waals surface area (Å²) >= 11 is 1.66. The second-order valence-electron chi connectivity index (χ2n) is 6.69. The fraction of sp³-hybridized carbons (Fsp3) is 0.450. The Kier molecular flexibility index (Phi) is 5.89. The highest BCUT2D eigenvalue weighted by molar-refractivity contribution is 7.12. The monoisotopic (exact) mass is 357 g/mol. The molecule has 1 amide bonds. The molecule has 0 spiro atoms. The number of carbonyl (C=O) groups is 1. The largest absolute Gasteiger partial charge is 0.322 e. The highest BCUT2D eigenvalue weighted by Gasteiger charge is 2.16. The number of benzene rings is 1. The number of aryl methyl sites for hydroxylation is 2. The first-order valence-electron chi connectivity index (χ1n) is 8.97. The average Bonchev–Trinajstić information content (AvgIpc) is 2.96. The molecule has 1 N–H and O–H groups in total. The number of rotatable bonds is 5. The van der Waals surface area contributed by atoms with E-state index in [1.165, 1.54) is 10.4 Å². The Balaban J connectivity index is 1.55. The van der Waals surface area contributed by atoms with Gasteiger partial charge < -0.3 is 10.2 Å². The first-order valence-corrected chi connectivity index (χ1v) is 9.79. The third kappa shape index (κ3) is 4.69. The zero-order chi connectivity index (χ0) is 17.8. The quantitative estimate of drug-likeness (QED) is 0.885. The van der Waals surface area contributed by atoms with Gasteiger partial charge in [-0.3, -0.25) is 9.69 Å². The molecule has 1 aliphatic heterocycles. The maximum Gasteiger partial charge on any atom is 0.256 e. The van der Waals surface area contributed by atoms with E-state index in [1.807, 2.05) is 32.0 Å². The van der Waals surface area contributed by atoms with Gasteiger partial charge in [0, 0.05) is 48.2 Å². The summed E-state index contributed by atoms with van der Waals surface area (Å²) in [5, 5.41) is 3.00. The van der Waals surface area contributed by atoms with Crippen molar-refractivity contribution in [3.63, 3.8) is 0 Å². The fourth-order valence-corrected chi connectivity index (χ4v) is 4.19. The second kappa shape index (κ2) is 8.13. The molecule has 1 aromatic heterocycles. The summed E-state index contributed by atoms with van der Waals surface area (Å²) in [6.07, 6.45) is 0. The van der Waals surface area contributed by atoms with Crippen LogP contribution in [0.1, 0.15) is 32.6 Å². The van der Waals surface area contributed by atoms with Crippen LogP contribution in [0.2, 0.25) is 0 Å². The summed E-state index contributed by atoms with van der Waals surface area (Å²) < 4.78 is 0. The molecule has 0 atom stereocenters. The Labute approximate surface area is 154 Å². The van der Waals surface area contributed by atoms with Gasteiger partial charge in [0.15, 0.2) is 0 Å². The number of nitrogens with zero attached hydrogens (tertiary/aromatic N) is 2. The molecule has 1 saturated heterocycles. The summed E-state index contributed by atoms with van der Waals surface area (Å²) in [4.78, 5) is 19.6. The number of nitrogens with one attached hydrogen (secondary N) is 1. The molecule has 0 saturated carbocycles. The smallest absolute Gasteiger partial charge is 0.256 e. The summed E-state index contributed by atoms with van der Waals surface area (Å²) in [6.45, 7) is 12.9. The average molecular weight is 358 g/mol. The van der Waals surface area contributed by atoms with E-state index in [0.29, 0.717) is 0 Å². The minimum absolute atomic E-state index is 0.0229. The molecule has 5 heteroatoms. The van der Waals surface area contributed by atoms with Crippen molar-refractivity contribution in [3.05, 3.63) is 51.2 Å². The van der Waals surface area contributed by atoms with E-state index >= 15 is 0 Å². The number of anilines is 1. The lowest BCUT2D eigenvalue weighted by molar-refractivity contribution is 0.102. The van der Waals surface area contributed by atoms with Crippen molar-refractivity contribution in [1.29, 1.82) is 0 Å². The normalized spacial score (nSPS) is 16.1. The lowest BCUT2D eigenvalue weighted by Crippen LogP contribution is -2.45. The summed E-state index contributed by atoms with van der Waals surface area (Å²) in [7, 11) is 0. The Morgan fingerprint density at radius 3 is 2.28 bits per heavy atom. The van der Waals surface area contributed by atoms with Crippen molar-refractivity contribution in [2.24, 2.45) is 0 Å². The molecule has 0 bridgehead atoms. The number of amides is 1. The molecule has 134 valence electrons. The van der Waals surface area contributed by atoms with Crippen molar-refractivity contribution >= 4 is 22.9 Å². The Bertz CT molecular complexity index is 715. The van der Waals surface area contributed by atoms with Crippen LogP contribution < -0.4 is 5.32 Å². The maximum absolute atomic E-state index is 12.4. The predicted octanol–water partition coefficient (Wildman–Crippen LogP) is 3.75. The minimum Gasteiger partial charge on any atom is -0.322 e. The molecule has 0 unspecified atom stereocenters. The zero-order valence-electron chi connectivity index (χ0n) is 15.3. The predicted molar refractivity (Wildman–Crippen MR) is 106 cm³/mol. The van der Waals surface area contributed by atoms with Gasteiger partial charge in [-0.2, -0.15) is 0 Å². The van der Waals surface area contributed by atoms with Gasteiger partial charge in [-0.25, -0.2) is 0 Å². The van der Waals surface area contributed by atoms with Gasteiger partial charge in [0.1, 0.15) is 0 Å². The topological polar surface area (TPSA) is 35.6 Å². The van der Waals surface area contributed by atoms with E-state index in [0.717, 1.165) is 55.4 Å². The molecule has 1 aromatic carbocycles. The minimum atomic E-state index is -0.0229. The summed E-state index contributed by atoms with van der Waals surface area (Å²) in [6, 6.07) is 10.2. The Morgan fingerprint density at radius 2 is 1.72 bits per heavy atom. The number of hydrogen-bond donors (Lipinski definition) is 1. The lowest BCUT2D eigenvalue weighted by atomic mass is 10.1. The number of thiophene rings is 1. The molecular weight excluding hydrogens is 330 g/mol. The Morgan fingerprint density at radius 1 is 1.08 bits per heavy atom. The van der Waals surface area contributed by atoms with Crippen LogP contribution in [0.5, 0.6) is 0 Å². The van der Waals surface area contributed by atoms with Crippen LogP contribution >= 0.6 is 11.3 Å². The maximum atomic E-state index is 12.4. The Hall–Kier alpha value is -1.69. The molecule has 3 rings (SSSR count). The highest BCUT2D eigenvalue weighted by atomic mass is 32.1. The third-order valence-electron chi connectivity index (χ3n) is 4.82. The van der Waals surface area contributed by atoms with Gasteiger partial charge in [0.05, 0.1) is 5.56 Å². The summed E-state index contributed by atoms with van der Waals surface area (Å²) in [5.41, 5.74) is 2.93. The lowest BCUT2D eigenvalue weighted by Gasteiger charge is -2.34. The van der Waals surface area contributed by atoms with E-state index in [2.05, 4.69) is 34.2 Å². The summed E-state index contributed by atoms with van der Waals surface area (Å²) in [5.74, 6) is -0.0229. The molecule has 25 heavy (non-hydrogen) atoms. The first kappa shape index (κ1) is 18.1. The van der Waals surface area contributed by atoms with Crippen molar-refractivity contribution in [2.45, 2.75) is 27.3 Å². The van der Waals surface area contributed by atoms with E-state index in [9.17, 15) is 4.79 Å². The molecular formula is C20H27N3OS. The van der Waals surface area contributed by atoms with Crippen LogP contribution in [0.25, 0.3) is 0 Å². The van der Waals surface area contributed by atoms with E-state index in [4.69, 9.17) is 0 Å². The van der Waals surface area contributed by atoms with Crippen LogP contribution in [0.15, 0.2) is 30.3 Å². The van der Waals surface area contributed by atoms with Crippen LogP contribution in [-0.2, 0) is 6.54 Å². The van der Waals surface area contributed by atoms with Crippen LogP contribution in [0.4, 0.5) is 5.69 Å². The van der Waals surface area contributed by atoms with Gasteiger partial charge in [-0.15, -0.1) is 11.3 Å². The van der Waals surface area contributed by atoms with E-state index in [1.54, 1.807) is 11.3 Å². The van der Waals surface area contributed by atoms with Gasteiger partial charge in [-0.05, 0) is 44.2 Å². The molecule has 0 radical (unpaired) electrons. The first-order chi connectivity index (χ1) is 12.0. The molecule has 1 aliphatic rings. The number of carbonyl (C=O) groups excluding carboxylic acids is 1. The van der Waals surface area contributed by atoms with Crippen LogP contribution in [0, 0.1) is 13.8 Å². The molecule has 1 fully saturated rings.